The van der Waals surface area contributed by atoms with E-state index >= 15 is 0 Å². The molecule has 19 heavy (non-hydrogen) atoms. The summed E-state index contributed by atoms with van der Waals surface area (Å²) in [6, 6.07) is 6.16. The highest BCUT2D eigenvalue weighted by atomic mass is 79.9. The molecule has 0 saturated carbocycles. The summed E-state index contributed by atoms with van der Waals surface area (Å²) >= 11 is 3.44. The Morgan fingerprint density at radius 3 is 3.05 bits per heavy atom. The smallest absolute Gasteiger partial charge is 0.221 e. The van der Waals surface area contributed by atoms with Crippen LogP contribution in [0.2, 0.25) is 0 Å². The van der Waals surface area contributed by atoms with E-state index in [-0.39, 0.29) is 5.91 Å². The van der Waals surface area contributed by atoms with Gasteiger partial charge in [0.1, 0.15) is 5.75 Å². The number of halogens is 1. The van der Waals surface area contributed by atoms with Crippen molar-refractivity contribution in [1.82, 2.24) is 10.6 Å². The first-order valence-electron chi connectivity index (χ1n) is 6.51. The van der Waals surface area contributed by atoms with Crippen LogP contribution in [-0.4, -0.2) is 25.6 Å². The van der Waals surface area contributed by atoms with E-state index in [0.717, 1.165) is 28.8 Å². The highest BCUT2D eigenvalue weighted by molar-refractivity contribution is 9.10. The van der Waals surface area contributed by atoms with Crippen molar-refractivity contribution in [2.75, 3.05) is 13.7 Å². The highest BCUT2D eigenvalue weighted by Crippen LogP contribution is 2.25. The molecule has 4 nitrogen and oxygen atoms in total. The number of hydrogen-bond donors (Lipinski definition) is 2. The van der Waals surface area contributed by atoms with Gasteiger partial charge in [-0.1, -0.05) is 6.07 Å². The third-order valence-electron chi connectivity index (χ3n) is 3.30. The second kappa shape index (κ2) is 6.91. The molecule has 1 aliphatic rings. The van der Waals surface area contributed by atoms with Gasteiger partial charge in [0.25, 0.3) is 0 Å². The van der Waals surface area contributed by atoms with Gasteiger partial charge in [0.2, 0.25) is 5.91 Å². The molecule has 5 heteroatoms. The van der Waals surface area contributed by atoms with Gasteiger partial charge in [-0.15, -0.1) is 0 Å². The van der Waals surface area contributed by atoms with Gasteiger partial charge in [0.15, 0.2) is 0 Å². The SMILES string of the molecule is COc1ccc(CNC(=O)CC2CCCN2)cc1Br. The summed E-state index contributed by atoms with van der Waals surface area (Å²) in [6.45, 7) is 1.58. The Labute approximate surface area is 122 Å². The second-order valence-electron chi connectivity index (χ2n) is 4.74. The lowest BCUT2D eigenvalue weighted by Gasteiger charge is -2.11. The third kappa shape index (κ3) is 4.21. The number of nitrogens with one attached hydrogen (secondary N) is 2. The van der Waals surface area contributed by atoms with Crippen LogP contribution >= 0.6 is 15.9 Å². The number of rotatable bonds is 5. The fraction of sp³-hybridized carbons (Fsp3) is 0.500. The first kappa shape index (κ1) is 14.3. The highest BCUT2D eigenvalue weighted by Gasteiger charge is 2.17. The third-order valence-corrected chi connectivity index (χ3v) is 3.92. The van der Waals surface area contributed by atoms with Crippen LogP contribution in [0.5, 0.6) is 5.75 Å². The van der Waals surface area contributed by atoms with E-state index < -0.39 is 0 Å². The molecule has 1 aliphatic heterocycles. The van der Waals surface area contributed by atoms with Crippen LogP contribution in [0.4, 0.5) is 0 Å². The van der Waals surface area contributed by atoms with Gasteiger partial charge in [0, 0.05) is 19.0 Å². The predicted molar refractivity (Wildman–Crippen MR) is 78.2 cm³/mol. The van der Waals surface area contributed by atoms with Crippen molar-refractivity contribution in [3.63, 3.8) is 0 Å². The van der Waals surface area contributed by atoms with Crippen molar-refractivity contribution in [3.05, 3.63) is 28.2 Å². The number of ether oxygens (including phenoxy) is 1. The summed E-state index contributed by atoms with van der Waals surface area (Å²) in [5.74, 6) is 0.900. The average Bonchev–Trinajstić information content (AvgIpc) is 2.89. The lowest BCUT2D eigenvalue weighted by atomic mass is 10.1. The van der Waals surface area contributed by atoms with Crippen LogP contribution in [0.3, 0.4) is 0 Å². The molecule has 104 valence electrons. The van der Waals surface area contributed by atoms with Gasteiger partial charge in [-0.05, 0) is 53.0 Å². The lowest BCUT2D eigenvalue weighted by molar-refractivity contribution is -0.121. The Morgan fingerprint density at radius 1 is 1.58 bits per heavy atom. The van der Waals surface area contributed by atoms with E-state index in [1.54, 1.807) is 7.11 Å². The van der Waals surface area contributed by atoms with Gasteiger partial charge in [-0.3, -0.25) is 4.79 Å². The van der Waals surface area contributed by atoms with Gasteiger partial charge in [-0.25, -0.2) is 0 Å². The van der Waals surface area contributed by atoms with E-state index in [2.05, 4.69) is 26.6 Å². The fourth-order valence-electron chi connectivity index (χ4n) is 2.25. The molecular formula is C14H19BrN2O2. The van der Waals surface area contributed by atoms with E-state index in [9.17, 15) is 4.79 Å². The molecule has 1 amide bonds. The van der Waals surface area contributed by atoms with E-state index in [4.69, 9.17) is 4.74 Å². The van der Waals surface area contributed by atoms with Crippen molar-refractivity contribution in [2.24, 2.45) is 0 Å². The lowest BCUT2D eigenvalue weighted by Crippen LogP contribution is -2.31. The van der Waals surface area contributed by atoms with Crippen LogP contribution in [-0.2, 0) is 11.3 Å². The molecule has 2 rings (SSSR count). The zero-order valence-electron chi connectivity index (χ0n) is 11.0. The maximum absolute atomic E-state index is 11.8. The zero-order chi connectivity index (χ0) is 13.7. The quantitative estimate of drug-likeness (QED) is 0.872. The summed E-state index contributed by atoms with van der Waals surface area (Å²) in [6.07, 6.45) is 2.84. The molecule has 1 atom stereocenters. The van der Waals surface area contributed by atoms with Crippen LogP contribution < -0.4 is 15.4 Å². The predicted octanol–water partition coefficient (Wildman–Crippen LogP) is 2.22. The summed E-state index contributed by atoms with van der Waals surface area (Å²) < 4.78 is 6.07. The van der Waals surface area contributed by atoms with Crippen molar-refractivity contribution >= 4 is 21.8 Å². The number of hydrogen-bond acceptors (Lipinski definition) is 3. The Morgan fingerprint density at radius 2 is 2.42 bits per heavy atom. The van der Waals surface area contributed by atoms with Gasteiger partial charge in [0.05, 0.1) is 11.6 Å². The monoisotopic (exact) mass is 326 g/mol. The van der Waals surface area contributed by atoms with Crippen molar-refractivity contribution in [1.29, 1.82) is 0 Å². The maximum Gasteiger partial charge on any atom is 0.221 e. The van der Waals surface area contributed by atoms with Gasteiger partial charge < -0.3 is 15.4 Å². The molecule has 0 aromatic heterocycles. The standard InChI is InChI=1S/C14H19BrN2O2/c1-19-13-5-4-10(7-12(13)15)9-17-14(18)8-11-3-2-6-16-11/h4-5,7,11,16H,2-3,6,8-9H2,1H3,(H,17,18). The van der Waals surface area contributed by atoms with Crippen molar-refractivity contribution in [2.45, 2.75) is 31.8 Å². The minimum atomic E-state index is 0.103. The fourth-order valence-corrected chi connectivity index (χ4v) is 2.84. The second-order valence-corrected chi connectivity index (χ2v) is 5.60. The number of methoxy groups -OCH3 is 1. The van der Waals surface area contributed by atoms with Gasteiger partial charge >= 0.3 is 0 Å². The first-order valence-corrected chi connectivity index (χ1v) is 7.31. The van der Waals surface area contributed by atoms with E-state index in [0.29, 0.717) is 19.0 Å². The molecule has 1 fully saturated rings. The molecule has 0 bridgehead atoms. The van der Waals surface area contributed by atoms with Crippen LogP contribution in [0.1, 0.15) is 24.8 Å². The minimum Gasteiger partial charge on any atom is -0.496 e. The Kier molecular flexibility index (Phi) is 5.22. The van der Waals surface area contributed by atoms with E-state index in [1.807, 2.05) is 18.2 Å². The summed E-state index contributed by atoms with van der Waals surface area (Å²) in [5.41, 5.74) is 1.06. The molecule has 2 N–H and O–H groups in total. The average molecular weight is 327 g/mol. The number of carbonyl (C=O) groups is 1. The van der Waals surface area contributed by atoms with Crippen molar-refractivity contribution in [3.8, 4) is 5.75 Å². The Hall–Kier alpha value is -1.07. The van der Waals surface area contributed by atoms with Crippen LogP contribution in [0, 0.1) is 0 Å². The molecule has 1 saturated heterocycles. The molecular weight excluding hydrogens is 308 g/mol. The maximum atomic E-state index is 11.8. The van der Waals surface area contributed by atoms with E-state index in [1.165, 1.54) is 6.42 Å². The summed E-state index contributed by atoms with van der Waals surface area (Å²) in [4.78, 5) is 11.8. The number of benzene rings is 1. The Balaban J connectivity index is 1.81. The largest absolute Gasteiger partial charge is 0.496 e. The first-order chi connectivity index (χ1) is 9.19. The van der Waals surface area contributed by atoms with Crippen LogP contribution in [0.25, 0.3) is 0 Å². The number of amides is 1. The molecule has 0 aliphatic carbocycles. The summed E-state index contributed by atoms with van der Waals surface area (Å²) in [7, 11) is 1.64. The Bertz CT molecular complexity index is 445. The number of carbonyl (C=O) groups excluding carboxylic acids is 1. The minimum absolute atomic E-state index is 0.103. The van der Waals surface area contributed by atoms with Gasteiger partial charge in [-0.2, -0.15) is 0 Å². The summed E-state index contributed by atoms with van der Waals surface area (Å²) in [5, 5.41) is 6.27. The topological polar surface area (TPSA) is 50.4 Å². The molecule has 1 aromatic rings. The normalized spacial score (nSPS) is 18.3. The molecule has 1 aromatic carbocycles. The molecule has 0 spiro atoms. The molecule has 1 heterocycles. The molecule has 1 unspecified atom stereocenters. The zero-order valence-corrected chi connectivity index (χ0v) is 12.6. The molecule has 0 radical (unpaired) electrons. The van der Waals surface area contributed by atoms with Crippen molar-refractivity contribution < 1.29 is 9.53 Å². The van der Waals surface area contributed by atoms with Crippen LogP contribution in [0.15, 0.2) is 22.7 Å².